The highest BCUT2D eigenvalue weighted by molar-refractivity contribution is 9.10. The summed E-state index contributed by atoms with van der Waals surface area (Å²) in [5.41, 5.74) is 0.158. The van der Waals surface area contributed by atoms with Crippen LogP contribution in [0.25, 0.3) is 0 Å². The van der Waals surface area contributed by atoms with Gasteiger partial charge in [0.2, 0.25) is 5.91 Å². The van der Waals surface area contributed by atoms with E-state index in [0.29, 0.717) is 4.47 Å². The molecule has 4 nitrogen and oxygen atoms in total. The molecule has 0 spiro atoms. The van der Waals surface area contributed by atoms with Gasteiger partial charge >= 0.3 is 0 Å². The van der Waals surface area contributed by atoms with Crippen LogP contribution in [0, 0.1) is 5.82 Å². The predicted octanol–water partition coefficient (Wildman–Crippen LogP) is 3.47. The lowest BCUT2D eigenvalue weighted by Crippen LogP contribution is -2.30. The Hall–Kier alpha value is -1.66. The number of amides is 1. The minimum Gasteiger partial charge on any atom is -0.468 e. The molecule has 1 aromatic carbocycles. The SMILES string of the molecule is C[C@H](NCC(=O)Nc1ccc(Br)cc1F)c1ccco1. The first-order valence-corrected chi connectivity index (χ1v) is 6.87. The zero-order valence-corrected chi connectivity index (χ0v) is 12.4. The fourth-order valence-electron chi connectivity index (χ4n) is 1.67. The van der Waals surface area contributed by atoms with Gasteiger partial charge in [-0.1, -0.05) is 15.9 Å². The predicted molar refractivity (Wildman–Crippen MR) is 77.9 cm³/mol. The third-order valence-corrected chi connectivity index (χ3v) is 3.24. The van der Waals surface area contributed by atoms with Gasteiger partial charge in [-0.3, -0.25) is 10.1 Å². The van der Waals surface area contributed by atoms with E-state index < -0.39 is 5.82 Å². The smallest absolute Gasteiger partial charge is 0.238 e. The van der Waals surface area contributed by atoms with Crippen molar-refractivity contribution in [3.8, 4) is 0 Å². The van der Waals surface area contributed by atoms with Gasteiger partial charge in [-0.05, 0) is 37.3 Å². The number of halogens is 2. The van der Waals surface area contributed by atoms with Crippen molar-refractivity contribution < 1.29 is 13.6 Å². The fraction of sp³-hybridized carbons (Fsp3) is 0.214. The molecule has 0 saturated heterocycles. The van der Waals surface area contributed by atoms with Crippen LogP contribution in [0.1, 0.15) is 18.7 Å². The second kappa shape index (κ2) is 6.67. The summed E-state index contributed by atoms with van der Waals surface area (Å²) < 4.78 is 19.4. The molecular formula is C14H14BrFN2O2. The van der Waals surface area contributed by atoms with Gasteiger partial charge in [-0.15, -0.1) is 0 Å². The molecule has 6 heteroatoms. The summed E-state index contributed by atoms with van der Waals surface area (Å²) in [6.45, 7) is 1.95. The molecule has 0 fully saturated rings. The third-order valence-electron chi connectivity index (χ3n) is 2.74. The number of hydrogen-bond acceptors (Lipinski definition) is 3. The summed E-state index contributed by atoms with van der Waals surface area (Å²) in [5.74, 6) is -0.0518. The molecule has 1 atom stereocenters. The second-order valence-corrected chi connectivity index (χ2v) is 5.21. The molecule has 2 rings (SSSR count). The maximum absolute atomic E-state index is 13.6. The lowest BCUT2D eigenvalue weighted by Gasteiger charge is -2.11. The number of hydrogen-bond donors (Lipinski definition) is 2. The Bertz CT molecular complexity index is 587. The Balaban J connectivity index is 1.86. The van der Waals surface area contributed by atoms with Crippen molar-refractivity contribution in [3.05, 3.63) is 52.6 Å². The molecule has 106 valence electrons. The van der Waals surface area contributed by atoms with Gasteiger partial charge in [0, 0.05) is 4.47 Å². The molecule has 2 aromatic rings. The monoisotopic (exact) mass is 340 g/mol. The van der Waals surface area contributed by atoms with E-state index in [1.165, 1.54) is 12.1 Å². The lowest BCUT2D eigenvalue weighted by molar-refractivity contribution is -0.115. The highest BCUT2D eigenvalue weighted by atomic mass is 79.9. The van der Waals surface area contributed by atoms with Crippen LogP contribution < -0.4 is 10.6 Å². The molecule has 1 aromatic heterocycles. The number of nitrogens with one attached hydrogen (secondary N) is 2. The minimum atomic E-state index is -0.480. The topological polar surface area (TPSA) is 54.3 Å². The number of carbonyl (C=O) groups excluding carboxylic acids is 1. The number of furan rings is 1. The summed E-state index contributed by atoms with van der Waals surface area (Å²) in [4.78, 5) is 11.7. The Morgan fingerprint density at radius 1 is 1.45 bits per heavy atom. The number of benzene rings is 1. The molecule has 20 heavy (non-hydrogen) atoms. The van der Waals surface area contributed by atoms with Gasteiger partial charge in [0.25, 0.3) is 0 Å². The maximum Gasteiger partial charge on any atom is 0.238 e. The first kappa shape index (κ1) is 14.7. The largest absolute Gasteiger partial charge is 0.468 e. The Morgan fingerprint density at radius 2 is 2.25 bits per heavy atom. The van der Waals surface area contributed by atoms with Crippen molar-refractivity contribution in [2.75, 3.05) is 11.9 Å². The average Bonchev–Trinajstić information content (AvgIpc) is 2.93. The van der Waals surface area contributed by atoms with E-state index in [-0.39, 0.29) is 24.2 Å². The maximum atomic E-state index is 13.6. The van der Waals surface area contributed by atoms with E-state index in [1.807, 2.05) is 13.0 Å². The molecule has 0 aliphatic carbocycles. The van der Waals surface area contributed by atoms with Crippen molar-refractivity contribution in [3.63, 3.8) is 0 Å². The summed E-state index contributed by atoms with van der Waals surface area (Å²) in [6.07, 6.45) is 1.57. The molecule has 0 unspecified atom stereocenters. The molecule has 0 radical (unpaired) electrons. The lowest BCUT2D eigenvalue weighted by atomic mass is 10.2. The molecule has 0 saturated carbocycles. The van der Waals surface area contributed by atoms with Gasteiger partial charge in [0.1, 0.15) is 11.6 Å². The van der Waals surface area contributed by atoms with E-state index in [1.54, 1.807) is 18.4 Å². The van der Waals surface area contributed by atoms with Gasteiger partial charge in [0.15, 0.2) is 0 Å². The van der Waals surface area contributed by atoms with Crippen LogP contribution in [0.5, 0.6) is 0 Å². The van der Waals surface area contributed by atoms with Crippen LogP contribution in [0.2, 0.25) is 0 Å². The van der Waals surface area contributed by atoms with Gasteiger partial charge in [0.05, 0.1) is 24.5 Å². The van der Waals surface area contributed by atoms with Crippen LogP contribution in [0.15, 0.2) is 45.5 Å². The fourth-order valence-corrected chi connectivity index (χ4v) is 2.00. The quantitative estimate of drug-likeness (QED) is 0.876. The highest BCUT2D eigenvalue weighted by Gasteiger charge is 2.11. The zero-order chi connectivity index (χ0) is 14.5. The first-order valence-electron chi connectivity index (χ1n) is 6.08. The standard InChI is InChI=1S/C14H14BrFN2O2/c1-9(13-3-2-6-20-13)17-8-14(19)18-12-5-4-10(15)7-11(12)16/h2-7,9,17H,8H2,1H3,(H,18,19)/t9-/m0/s1. The highest BCUT2D eigenvalue weighted by Crippen LogP contribution is 2.19. The number of anilines is 1. The van der Waals surface area contributed by atoms with Crippen molar-refractivity contribution in [2.45, 2.75) is 13.0 Å². The van der Waals surface area contributed by atoms with Crippen molar-refractivity contribution in [1.29, 1.82) is 0 Å². The minimum absolute atomic E-state index is 0.0668. The van der Waals surface area contributed by atoms with Gasteiger partial charge < -0.3 is 9.73 Å². The van der Waals surface area contributed by atoms with E-state index in [4.69, 9.17) is 4.42 Å². The molecule has 0 aliphatic heterocycles. The Kier molecular flexibility index (Phi) is 4.92. The van der Waals surface area contributed by atoms with E-state index in [2.05, 4.69) is 26.6 Å². The third kappa shape index (κ3) is 3.91. The van der Waals surface area contributed by atoms with E-state index in [0.717, 1.165) is 5.76 Å². The molecule has 0 aliphatic rings. The van der Waals surface area contributed by atoms with Gasteiger partial charge in [-0.25, -0.2) is 4.39 Å². The van der Waals surface area contributed by atoms with Crippen molar-refractivity contribution >= 4 is 27.5 Å². The average molecular weight is 341 g/mol. The van der Waals surface area contributed by atoms with Crippen LogP contribution in [-0.2, 0) is 4.79 Å². The summed E-state index contributed by atoms with van der Waals surface area (Å²) in [6, 6.07) is 7.99. The summed E-state index contributed by atoms with van der Waals surface area (Å²) in [5, 5.41) is 5.51. The van der Waals surface area contributed by atoms with Gasteiger partial charge in [-0.2, -0.15) is 0 Å². The zero-order valence-electron chi connectivity index (χ0n) is 10.8. The van der Waals surface area contributed by atoms with Crippen molar-refractivity contribution in [2.24, 2.45) is 0 Å². The molecule has 2 N–H and O–H groups in total. The summed E-state index contributed by atoms with van der Waals surface area (Å²) >= 11 is 3.16. The molecule has 1 amide bonds. The molecule has 0 bridgehead atoms. The Morgan fingerprint density at radius 3 is 2.90 bits per heavy atom. The van der Waals surface area contributed by atoms with Crippen LogP contribution in [0.4, 0.5) is 10.1 Å². The van der Waals surface area contributed by atoms with Crippen LogP contribution in [-0.4, -0.2) is 12.5 Å². The Labute approximate surface area is 124 Å². The van der Waals surface area contributed by atoms with E-state index in [9.17, 15) is 9.18 Å². The van der Waals surface area contributed by atoms with Crippen LogP contribution >= 0.6 is 15.9 Å². The summed E-state index contributed by atoms with van der Waals surface area (Å²) in [7, 11) is 0. The molecular weight excluding hydrogens is 327 g/mol. The second-order valence-electron chi connectivity index (χ2n) is 4.29. The van der Waals surface area contributed by atoms with Crippen LogP contribution in [0.3, 0.4) is 0 Å². The molecule has 1 heterocycles. The number of rotatable bonds is 5. The number of carbonyl (C=O) groups is 1. The normalized spacial score (nSPS) is 12.2. The first-order chi connectivity index (χ1) is 9.56. The van der Waals surface area contributed by atoms with Crippen molar-refractivity contribution in [1.82, 2.24) is 5.32 Å². The van der Waals surface area contributed by atoms with E-state index >= 15 is 0 Å².